The molecule has 1 aliphatic heterocycles. The van der Waals surface area contributed by atoms with Crippen molar-refractivity contribution >= 4 is 0 Å². The van der Waals surface area contributed by atoms with Gasteiger partial charge in [-0.25, -0.2) is 0 Å². The lowest BCUT2D eigenvalue weighted by molar-refractivity contribution is 0.104. The fourth-order valence-corrected chi connectivity index (χ4v) is 3.69. The molecule has 3 atom stereocenters. The van der Waals surface area contributed by atoms with E-state index in [9.17, 15) is 0 Å². The number of hydrogen-bond acceptors (Lipinski definition) is 3. The predicted octanol–water partition coefficient (Wildman–Crippen LogP) is 2.66. The van der Waals surface area contributed by atoms with Crippen LogP contribution in [-0.2, 0) is 4.74 Å². The Morgan fingerprint density at radius 2 is 2.00 bits per heavy atom. The third kappa shape index (κ3) is 4.73. The Bertz CT molecular complexity index is 247. The van der Waals surface area contributed by atoms with Crippen molar-refractivity contribution in [2.75, 3.05) is 33.3 Å². The topological polar surface area (TPSA) is 24.5 Å². The maximum atomic E-state index is 5.49. The lowest BCUT2D eigenvalue weighted by Gasteiger charge is -2.30. The number of ether oxygens (including phenoxy) is 1. The van der Waals surface area contributed by atoms with Crippen LogP contribution in [0.4, 0.5) is 0 Å². The van der Waals surface area contributed by atoms with Crippen molar-refractivity contribution in [3.8, 4) is 0 Å². The first kappa shape index (κ1) is 15.3. The Balaban J connectivity index is 1.83. The molecule has 2 aliphatic rings. The minimum atomic E-state index is 0.479. The quantitative estimate of drug-likeness (QED) is 0.750. The molecule has 1 N–H and O–H groups in total. The Hall–Kier alpha value is -0.120. The molecular weight excluding hydrogens is 236 g/mol. The van der Waals surface area contributed by atoms with Gasteiger partial charge in [0.2, 0.25) is 0 Å². The van der Waals surface area contributed by atoms with Gasteiger partial charge in [0.05, 0.1) is 6.10 Å². The first-order chi connectivity index (χ1) is 9.33. The molecule has 1 saturated heterocycles. The van der Waals surface area contributed by atoms with Crippen molar-refractivity contribution in [2.24, 2.45) is 5.92 Å². The summed E-state index contributed by atoms with van der Waals surface area (Å²) in [6, 6.07) is 0.754. The van der Waals surface area contributed by atoms with Gasteiger partial charge in [-0.05, 0) is 38.1 Å². The van der Waals surface area contributed by atoms with E-state index < -0.39 is 0 Å². The second-order valence-electron chi connectivity index (χ2n) is 6.36. The van der Waals surface area contributed by atoms with Gasteiger partial charge >= 0.3 is 0 Å². The van der Waals surface area contributed by atoms with Gasteiger partial charge in [0.25, 0.3) is 0 Å². The van der Waals surface area contributed by atoms with Crippen molar-refractivity contribution in [1.82, 2.24) is 10.2 Å². The zero-order chi connectivity index (χ0) is 13.5. The predicted molar refractivity (Wildman–Crippen MR) is 80.5 cm³/mol. The highest BCUT2D eigenvalue weighted by Crippen LogP contribution is 2.26. The maximum absolute atomic E-state index is 5.49. The normalized spacial score (nSPS) is 33.5. The van der Waals surface area contributed by atoms with E-state index >= 15 is 0 Å². The van der Waals surface area contributed by atoms with Crippen LogP contribution in [0.15, 0.2) is 0 Å². The Kier molecular flexibility index (Phi) is 6.62. The molecule has 0 aromatic carbocycles. The van der Waals surface area contributed by atoms with Crippen molar-refractivity contribution in [3.63, 3.8) is 0 Å². The Morgan fingerprint density at radius 3 is 2.74 bits per heavy atom. The van der Waals surface area contributed by atoms with E-state index in [0.29, 0.717) is 6.10 Å². The molecule has 3 heteroatoms. The standard InChI is InChI=1S/C16H32N2O/c1-3-10-17-16-8-6-4-5-7-14(16)12-18-11-9-15(13-18)19-2/h14-17H,3-13H2,1-2H3. The minimum Gasteiger partial charge on any atom is -0.380 e. The molecule has 0 amide bonds. The van der Waals surface area contributed by atoms with E-state index in [1.807, 2.05) is 7.11 Å². The number of nitrogens with zero attached hydrogens (tertiary/aromatic N) is 1. The number of rotatable bonds is 6. The molecular formula is C16H32N2O. The first-order valence-corrected chi connectivity index (χ1v) is 8.32. The summed E-state index contributed by atoms with van der Waals surface area (Å²) >= 11 is 0. The van der Waals surface area contributed by atoms with E-state index in [2.05, 4.69) is 17.1 Å². The van der Waals surface area contributed by atoms with Gasteiger partial charge in [-0.15, -0.1) is 0 Å². The van der Waals surface area contributed by atoms with Gasteiger partial charge in [0.15, 0.2) is 0 Å². The summed E-state index contributed by atoms with van der Waals surface area (Å²) in [5, 5.41) is 3.80. The van der Waals surface area contributed by atoms with E-state index in [1.165, 1.54) is 64.6 Å². The molecule has 19 heavy (non-hydrogen) atoms. The fourth-order valence-electron chi connectivity index (χ4n) is 3.69. The molecule has 0 spiro atoms. The van der Waals surface area contributed by atoms with Crippen LogP contribution in [-0.4, -0.2) is 50.3 Å². The summed E-state index contributed by atoms with van der Waals surface area (Å²) in [5.41, 5.74) is 0. The highest BCUT2D eigenvalue weighted by atomic mass is 16.5. The average Bonchev–Trinajstić information content (AvgIpc) is 2.77. The Labute approximate surface area is 119 Å². The zero-order valence-electron chi connectivity index (χ0n) is 12.9. The highest BCUT2D eigenvalue weighted by Gasteiger charge is 2.28. The van der Waals surface area contributed by atoms with E-state index in [1.54, 1.807) is 0 Å². The van der Waals surface area contributed by atoms with Crippen LogP contribution in [0.25, 0.3) is 0 Å². The summed E-state index contributed by atoms with van der Waals surface area (Å²) in [4.78, 5) is 2.63. The number of methoxy groups -OCH3 is 1. The fraction of sp³-hybridized carbons (Fsp3) is 1.00. The summed E-state index contributed by atoms with van der Waals surface area (Å²) in [6.07, 6.45) is 10.0. The third-order valence-electron chi connectivity index (χ3n) is 4.87. The SMILES string of the molecule is CCCNC1CCCCCC1CN1CCC(OC)C1. The minimum absolute atomic E-state index is 0.479. The van der Waals surface area contributed by atoms with Gasteiger partial charge in [-0.3, -0.25) is 0 Å². The van der Waals surface area contributed by atoms with Crippen molar-refractivity contribution in [2.45, 2.75) is 64.0 Å². The van der Waals surface area contributed by atoms with Crippen LogP contribution < -0.4 is 5.32 Å². The third-order valence-corrected chi connectivity index (χ3v) is 4.87. The van der Waals surface area contributed by atoms with Crippen molar-refractivity contribution in [3.05, 3.63) is 0 Å². The first-order valence-electron chi connectivity index (χ1n) is 8.32. The number of nitrogens with one attached hydrogen (secondary N) is 1. The smallest absolute Gasteiger partial charge is 0.0710 e. The number of likely N-dealkylation sites (tertiary alicyclic amines) is 1. The van der Waals surface area contributed by atoms with Crippen LogP contribution in [0.5, 0.6) is 0 Å². The van der Waals surface area contributed by atoms with Gasteiger partial charge in [0, 0.05) is 32.8 Å². The van der Waals surface area contributed by atoms with Gasteiger partial charge in [-0.2, -0.15) is 0 Å². The van der Waals surface area contributed by atoms with Crippen LogP contribution in [0.3, 0.4) is 0 Å². The largest absolute Gasteiger partial charge is 0.380 e. The lowest BCUT2D eigenvalue weighted by atomic mass is 9.94. The van der Waals surface area contributed by atoms with Crippen LogP contribution >= 0.6 is 0 Å². The molecule has 1 heterocycles. The molecule has 2 rings (SSSR count). The van der Waals surface area contributed by atoms with Crippen LogP contribution in [0.1, 0.15) is 51.9 Å². The second-order valence-corrected chi connectivity index (χ2v) is 6.36. The highest BCUT2D eigenvalue weighted by molar-refractivity contribution is 4.85. The molecule has 0 aromatic rings. The monoisotopic (exact) mass is 268 g/mol. The molecule has 3 nitrogen and oxygen atoms in total. The molecule has 0 aromatic heterocycles. The number of hydrogen-bond donors (Lipinski definition) is 1. The molecule has 1 saturated carbocycles. The summed E-state index contributed by atoms with van der Waals surface area (Å²) in [7, 11) is 1.85. The summed E-state index contributed by atoms with van der Waals surface area (Å²) < 4.78 is 5.49. The van der Waals surface area contributed by atoms with Crippen molar-refractivity contribution in [1.29, 1.82) is 0 Å². The molecule has 112 valence electrons. The van der Waals surface area contributed by atoms with E-state index in [0.717, 1.165) is 18.5 Å². The Morgan fingerprint density at radius 1 is 1.16 bits per heavy atom. The van der Waals surface area contributed by atoms with E-state index in [4.69, 9.17) is 4.74 Å². The molecule has 2 fully saturated rings. The van der Waals surface area contributed by atoms with Gasteiger partial charge < -0.3 is 15.0 Å². The zero-order valence-corrected chi connectivity index (χ0v) is 12.9. The van der Waals surface area contributed by atoms with Gasteiger partial charge in [-0.1, -0.05) is 26.2 Å². The van der Waals surface area contributed by atoms with Gasteiger partial charge in [0.1, 0.15) is 0 Å². The molecule has 1 aliphatic carbocycles. The summed E-state index contributed by atoms with van der Waals surface area (Å²) in [6.45, 7) is 7.11. The van der Waals surface area contributed by atoms with Crippen LogP contribution in [0.2, 0.25) is 0 Å². The van der Waals surface area contributed by atoms with E-state index in [-0.39, 0.29) is 0 Å². The second kappa shape index (κ2) is 8.23. The molecule has 0 bridgehead atoms. The molecule has 3 unspecified atom stereocenters. The van der Waals surface area contributed by atoms with Crippen LogP contribution in [0, 0.1) is 5.92 Å². The maximum Gasteiger partial charge on any atom is 0.0710 e. The lowest BCUT2D eigenvalue weighted by Crippen LogP contribution is -2.42. The van der Waals surface area contributed by atoms with Crippen molar-refractivity contribution < 1.29 is 4.74 Å². The molecule has 0 radical (unpaired) electrons. The summed E-state index contributed by atoms with van der Waals surface area (Å²) in [5.74, 6) is 0.852. The average molecular weight is 268 g/mol.